The molecule has 98 valence electrons. The van der Waals surface area contributed by atoms with E-state index in [1.165, 1.54) is 0 Å². The van der Waals surface area contributed by atoms with Gasteiger partial charge in [0.1, 0.15) is 17.8 Å². The van der Waals surface area contributed by atoms with Crippen LogP contribution in [0.4, 0.5) is 10.2 Å². The average molecular weight is 251 g/mol. The maximum absolute atomic E-state index is 13.5. The summed E-state index contributed by atoms with van der Waals surface area (Å²) >= 11 is 0. The van der Waals surface area contributed by atoms with Gasteiger partial charge in [0.15, 0.2) is 0 Å². The predicted octanol–water partition coefficient (Wildman–Crippen LogP) is 1.57. The first kappa shape index (κ1) is 11.8. The number of aromatic nitrogens is 2. The summed E-state index contributed by atoms with van der Waals surface area (Å²) in [6, 6.07) is 1.73. The number of halogens is 1. The van der Waals surface area contributed by atoms with Gasteiger partial charge in [-0.1, -0.05) is 0 Å². The van der Waals surface area contributed by atoms with Crippen molar-refractivity contribution in [2.45, 2.75) is 44.3 Å². The maximum atomic E-state index is 13.5. The molecule has 1 N–H and O–H groups in total. The molecule has 1 saturated carbocycles. The first-order valence-corrected chi connectivity index (χ1v) is 6.54. The zero-order valence-electron chi connectivity index (χ0n) is 10.5. The van der Waals surface area contributed by atoms with Crippen molar-refractivity contribution in [1.82, 2.24) is 9.97 Å². The standard InChI is InChI=1S/C13H18FN3O/c1-8-4-12(16-13(15-8)9-2-3-9)17-6-10(14)5-11(17)7-18/h4,9-11,18H,2-3,5-7H2,1H3/t10-,11-/m0/s1. The van der Waals surface area contributed by atoms with Crippen molar-refractivity contribution in [1.29, 1.82) is 0 Å². The fraction of sp³-hybridized carbons (Fsp3) is 0.692. The molecule has 2 heterocycles. The van der Waals surface area contributed by atoms with Gasteiger partial charge in [0.2, 0.25) is 0 Å². The molecule has 5 heteroatoms. The Balaban J connectivity index is 1.90. The average Bonchev–Trinajstić information content (AvgIpc) is 3.11. The molecule has 3 rings (SSSR count). The van der Waals surface area contributed by atoms with Gasteiger partial charge in [-0.15, -0.1) is 0 Å². The number of aliphatic hydroxyl groups is 1. The minimum Gasteiger partial charge on any atom is -0.394 e. The Labute approximate surface area is 106 Å². The fourth-order valence-electron chi connectivity index (χ4n) is 2.56. The monoisotopic (exact) mass is 251 g/mol. The molecule has 1 aromatic heterocycles. The van der Waals surface area contributed by atoms with E-state index in [0.717, 1.165) is 30.2 Å². The predicted molar refractivity (Wildman–Crippen MR) is 66.5 cm³/mol. The van der Waals surface area contributed by atoms with Gasteiger partial charge in [-0.05, 0) is 19.8 Å². The van der Waals surface area contributed by atoms with Gasteiger partial charge in [-0.2, -0.15) is 0 Å². The van der Waals surface area contributed by atoms with Crippen LogP contribution in [-0.4, -0.2) is 40.4 Å². The van der Waals surface area contributed by atoms with E-state index in [1.54, 1.807) is 0 Å². The van der Waals surface area contributed by atoms with E-state index < -0.39 is 6.17 Å². The molecule has 4 nitrogen and oxygen atoms in total. The topological polar surface area (TPSA) is 49.2 Å². The Hall–Kier alpha value is -1.23. The number of aryl methyl sites for hydroxylation is 1. The molecule has 2 atom stereocenters. The lowest BCUT2D eigenvalue weighted by molar-refractivity contribution is 0.255. The number of hydrogen-bond acceptors (Lipinski definition) is 4. The summed E-state index contributed by atoms with van der Waals surface area (Å²) in [5, 5.41) is 9.32. The summed E-state index contributed by atoms with van der Waals surface area (Å²) in [6.07, 6.45) is 1.82. The third-order valence-electron chi connectivity index (χ3n) is 3.67. The second-order valence-corrected chi connectivity index (χ2v) is 5.32. The van der Waals surface area contributed by atoms with E-state index in [4.69, 9.17) is 0 Å². The molecule has 0 amide bonds. The summed E-state index contributed by atoms with van der Waals surface area (Å²) in [4.78, 5) is 10.9. The zero-order valence-corrected chi connectivity index (χ0v) is 10.5. The lowest BCUT2D eigenvalue weighted by atomic mass is 10.2. The summed E-state index contributed by atoms with van der Waals surface area (Å²) in [7, 11) is 0. The molecule has 0 unspecified atom stereocenters. The van der Waals surface area contributed by atoms with E-state index >= 15 is 0 Å². The van der Waals surface area contributed by atoms with E-state index in [-0.39, 0.29) is 12.6 Å². The first-order chi connectivity index (χ1) is 8.67. The van der Waals surface area contributed by atoms with E-state index in [1.807, 2.05) is 17.9 Å². The van der Waals surface area contributed by atoms with Crippen molar-refractivity contribution < 1.29 is 9.50 Å². The first-order valence-electron chi connectivity index (χ1n) is 6.54. The largest absolute Gasteiger partial charge is 0.394 e. The highest BCUT2D eigenvalue weighted by molar-refractivity contribution is 5.43. The minimum atomic E-state index is -0.873. The van der Waals surface area contributed by atoms with Gasteiger partial charge in [0.25, 0.3) is 0 Å². The highest BCUT2D eigenvalue weighted by Gasteiger charge is 2.34. The van der Waals surface area contributed by atoms with Gasteiger partial charge in [-0.25, -0.2) is 14.4 Å². The lowest BCUT2D eigenvalue weighted by Gasteiger charge is -2.24. The van der Waals surface area contributed by atoms with Crippen molar-refractivity contribution in [3.8, 4) is 0 Å². The van der Waals surface area contributed by atoms with Gasteiger partial charge in [-0.3, -0.25) is 0 Å². The van der Waals surface area contributed by atoms with Crippen molar-refractivity contribution in [3.63, 3.8) is 0 Å². The molecule has 0 bridgehead atoms. The normalized spacial score (nSPS) is 27.8. The smallest absolute Gasteiger partial charge is 0.134 e. The Morgan fingerprint density at radius 3 is 2.89 bits per heavy atom. The molecular weight excluding hydrogens is 233 g/mol. The highest BCUT2D eigenvalue weighted by Crippen LogP contribution is 2.39. The van der Waals surface area contributed by atoms with Gasteiger partial charge in [0, 0.05) is 24.1 Å². The van der Waals surface area contributed by atoms with Crippen molar-refractivity contribution in [3.05, 3.63) is 17.6 Å². The number of aliphatic hydroxyl groups excluding tert-OH is 1. The molecule has 2 fully saturated rings. The molecule has 1 aliphatic heterocycles. The van der Waals surface area contributed by atoms with Crippen LogP contribution in [0.3, 0.4) is 0 Å². The van der Waals surface area contributed by atoms with Gasteiger partial charge in [0.05, 0.1) is 19.2 Å². The number of alkyl halides is 1. The van der Waals surface area contributed by atoms with Gasteiger partial charge >= 0.3 is 0 Å². The van der Waals surface area contributed by atoms with E-state index in [2.05, 4.69) is 9.97 Å². The van der Waals surface area contributed by atoms with Crippen LogP contribution in [0, 0.1) is 6.92 Å². The third-order valence-corrected chi connectivity index (χ3v) is 3.67. The summed E-state index contributed by atoms with van der Waals surface area (Å²) in [5.74, 6) is 2.13. The van der Waals surface area contributed by atoms with Crippen molar-refractivity contribution in [2.24, 2.45) is 0 Å². The second kappa shape index (κ2) is 4.46. The van der Waals surface area contributed by atoms with E-state index in [9.17, 15) is 9.50 Å². The molecule has 0 aromatic carbocycles. The van der Waals surface area contributed by atoms with Crippen molar-refractivity contribution in [2.75, 3.05) is 18.1 Å². The van der Waals surface area contributed by atoms with Gasteiger partial charge < -0.3 is 10.0 Å². The SMILES string of the molecule is Cc1cc(N2C[C@@H](F)C[C@H]2CO)nc(C2CC2)n1. The summed E-state index contributed by atoms with van der Waals surface area (Å²) in [5.41, 5.74) is 0.917. The number of rotatable bonds is 3. The van der Waals surface area contributed by atoms with Crippen LogP contribution in [0.25, 0.3) is 0 Å². The van der Waals surface area contributed by atoms with E-state index in [0.29, 0.717) is 18.9 Å². The molecule has 2 aliphatic rings. The molecular formula is C13H18FN3O. The zero-order chi connectivity index (χ0) is 12.7. The highest BCUT2D eigenvalue weighted by atomic mass is 19.1. The number of hydrogen-bond donors (Lipinski definition) is 1. The van der Waals surface area contributed by atoms with Crippen molar-refractivity contribution >= 4 is 5.82 Å². The van der Waals surface area contributed by atoms with Crippen LogP contribution in [0.2, 0.25) is 0 Å². The third kappa shape index (κ3) is 2.19. The Bertz CT molecular complexity index is 450. The van der Waals surface area contributed by atoms with Crippen LogP contribution in [0.15, 0.2) is 6.07 Å². The Kier molecular flexibility index (Phi) is 2.93. The Morgan fingerprint density at radius 2 is 2.22 bits per heavy atom. The van der Waals surface area contributed by atoms with Crippen LogP contribution < -0.4 is 4.90 Å². The van der Waals surface area contributed by atoms with Crippen LogP contribution in [0.1, 0.15) is 36.7 Å². The number of anilines is 1. The van der Waals surface area contributed by atoms with Crippen LogP contribution in [-0.2, 0) is 0 Å². The molecule has 0 radical (unpaired) electrons. The Morgan fingerprint density at radius 1 is 1.44 bits per heavy atom. The second-order valence-electron chi connectivity index (χ2n) is 5.32. The fourth-order valence-corrected chi connectivity index (χ4v) is 2.56. The van der Waals surface area contributed by atoms with Crippen LogP contribution in [0.5, 0.6) is 0 Å². The number of nitrogens with zero attached hydrogens (tertiary/aromatic N) is 3. The molecule has 1 aliphatic carbocycles. The summed E-state index contributed by atoms with van der Waals surface area (Å²) in [6.45, 7) is 2.24. The quantitative estimate of drug-likeness (QED) is 0.886. The van der Waals surface area contributed by atoms with Crippen LogP contribution >= 0.6 is 0 Å². The molecule has 0 spiro atoms. The molecule has 18 heavy (non-hydrogen) atoms. The minimum absolute atomic E-state index is 0.0256. The molecule has 1 saturated heterocycles. The summed E-state index contributed by atoms with van der Waals surface area (Å²) < 4.78 is 13.5. The maximum Gasteiger partial charge on any atom is 0.134 e. The lowest BCUT2D eigenvalue weighted by Crippen LogP contribution is -2.33. The molecule has 1 aromatic rings.